The van der Waals surface area contributed by atoms with Crippen molar-refractivity contribution in [1.29, 1.82) is 0 Å². The molecule has 5 aromatic heterocycles. The summed E-state index contributed by atoms with van der Waals surface area (Å²) >= 11 is 6.80. The molecule has 32 nitrogen and oxygen atoms in total. The standard InChI is InChI=1S/C26H36N4O3.C24H33N5O2.C21H28N4O.C14H14BrN3O.C11H22N2O2.C8H4BrFN2.C7H12O.C3H5NO/c1-26(2,3)33-25(31)29-19-6-4-17(5-7-19)12-18-13-20(14-23-24(18)28-11-10-27-23)30-15-21-8-9-22(16-30)32-21;1-2-25-24(30)28-18-5-3-16(4-6-18)11-17-12-19(13-22-23(17)27-10-9-26-22)29-14-20-7-8-21(15-29)31-20;22-16-3-1-14(2-4-16)9-15-10-17(11-20-21(15)24-8-7-23-20)25-12-18-5-6-19(13-25)26-18;15-12-5-9(6-13-14(12)17-4-3-16-13)18-7-10-1-2-11(8-18)19-10;1-11(2,3)15-10(14)13-9-6-4-8(12)5-7-9;9-6-3-5(10)4-7-8(6)12-2-1-11-7;1-2-6-4-5-7(3-1)8-6;1-2-4-3-5/h10-11,13-14,17,19,21-22H,4-9,12,15-16H2,1-3H3,(H,29,31);9-10,12-13,16,18,20-21H,2-8,11,14-15H2,1H3,(H2,25,28,30);7-8,10-11,14,16,18-19H,1-6,9,12-13,22H2;3-6,10-11H,1-2,7-8H2;8-9H,4-7,12H2,1-3H3,(H,13,14);1-4H;6-7H,1-5H2;2H2,1H3/t17?,19?,21-,22+;16?,18?,20-,21+;14?,16?,18-,19+;10-,11+;;;6-,7+;. The first-order chi connectivity index (χ1) is 72.0. The minimum Gasteiger partial charge on any atom is -0.444 e. The molecule has 15 heterocycles. The van der Waals surface area contributed by atoms with E-state index in [1.165, 1.54) is 160 Å². The van der Waals surface area contributed by atoms with Crippen molar-refractivity contribution >= 4 is 134 Å². The lowest BCUT2D eigenvalue weighted by molar-refractivity contribution is 0.00572. The molecule has 0 unspecified atom stereocenters. The summed E-state index contributed by atoms with van der Waals surface area (Å²) in [5, 5.41) is 11.9. The largest absolute Gasteiger partial charge is 0.444 e. The van der Waals surface area contributed by atoms with Crippen molar-refractivity contribution < 1.29 is 56.7 Å². The molecule has 10 atom stereocenters. The maximum Gasteiger partial charge on any atom is 0.407 e. The first-order valence-corrected chi connectivity index (χ1v) is 56.6. The molecule has 10 aromatic rings. The van der Waals surface area contributed by atoms with E-state index in [-0.39, 0.29) is 42.2 Å². The SMILES string of the molecule is Brc1cc(N2C[C@H]3CC[C@@H](C2)O3)cc2nccnc12.C1C[C@@H]2CC[C@H](C1)O2.CC(C)(C)OC(=O)NC1CCC(Cc2cc(N3C[C@H]4CC[C@@H](C3)O4)cc3nccnc23)CC1.CC(C)(C)OC(=O)NC1CCC(N)CC1.CCN=C=O.CCNC(=O)NC1CCC(Cc2cc(N3C[C@H]4CC[C@@H](C3)O4)cc3nccnc23)CC1.Fc1cc(Br)c2nccnc2c1.NC1CCC(Cc2cc(N3C[C@H]4CC[C@@H](C3)O4)cc3nccnc23)CC1. The molecule has 0 radical (unpaired) electrons. The Bertz CT molecular complexity index is 6070. The van der Waals surface area contributed by atoms with E-state index in [1.54, 1.807) is 56.5 Å². The van der Waals surface area contributed by atoms with Crippen LogP contribution in [0.3, 0.4) is 0 Å². The Labute approximate surface area is 892 Å². The minimum absolute atomic E-state index is 0.0422. The quantitative estimate of drug-likeness (QED) is 0.0410. The van der Waals surface area contributed by atoms with Gasteiger partial charge in [0.1, 0.15) is 28.1 Å². The number of hydrogen-bond acceptors (Lipinski definition) is 28. The highest BCUT2D eigenvalue weighted by Crippen LogP contribution is 2.42. The monoisotopic (exact) mass is 2170 g/mol. The van der Waals surface area contributed by atoms with Crippen molar-refractivity contribution in [3.05, 3.63) is 154 Å². The topological polar surface area (TPSA) is 387 Å². The van der Waals surface area contributed by atoms with Gasteiger partial charge in [-0.2, -0.15) is 0 Å². The third-order valence-electron chi connectivity index (χ3n) is 31.0. The summed E-state index contributed by atoms with van der Waals surface area (Å²) < 4.78 is 54.6. The van der Waals surface area contributed by atoms with Crippen molar-refractivity contribution in [2.75, 3.05) is 85.0 Å². The molecule has 10 bridgehead atoms. The number of alkyl carbamates (subject to hydrolysis) is 2. The Hall–Kier alpha value is -10.2. The number of nitrogens with two attached hydrogens (primary N) is 2. The number of anilines is 4. The van der Waals surface area contributed by atoms with E-state index in [2.05, 4.69) is 176 Å². The lowest BCUT2D eigenvalue weighted by atomic mass is 9.82. The van der Waals surface area contributed by atoms with Crippen LogP contribution in [0.5, 0.6) is 0 Å². The number of aromatic nitrogens is 10. The summed E-state index contributed by atoms with van der Waals surface area (Å²) in [4.78, 5) is 102. The molecule has 0 spiro atoms. The number of aliphatic imine (C=N–C) groups is 1. The lowest BCUT2D eigenvalue weighted by Gasteiger charge is -2.34. The number of halogens is 3. The summed E-state index contributed by atoms with van der Waals surface area (Å²) in [7, 11) is 0. The highest BCUT2D eigenvalue weighted by Gasteiger charge is 2.41. The van der Waals surface area contributed by atoms with E-state index in [1.807, 2.05) is 54.7 Å². The van der Waals surface area contributed by atoms with Gasteiger partial charge in [0.15, 0.2) is 0 Å². The smallest absolute Gasteiger partial charge is 0.407 e. The van der Waals surface area contributed by atoms with E-state index in [0.29, 0.717) is 114 Å². The summed E-state index contributed by atoms with van der Waals surface area (Å²) in [6, 6.07) is 22.0. The average Bonchev–Trinajstić information content (AvgIpc) is 1.78. The van der Waals surface area contributed by atoms with E-state index in [9.17, 15) is 18.8 Å². The molecule has 5 aromatic carbocycles. The second-order valence-corrected chi connectivity index (χ2v) is 46.6. The number of isocyanates is 1. The van der Waals surface area contributed by atoms with E-state index < -0.39 is 11.2 Å². The predicted octanol–water partition coefficient (Wildman–Crippen LogP) is 20.2. The molecule has 24 rings (SSSR count). The zero-order chi connectivity index (χ0) is 104. The zero-order valence-corrected chi connectivity index (χ0v) is 91.3. The van der Waals surface area contributed by atoms with E-state index in [0.717, 1.165) is 216 Å². The first-order valence-electron chi connectivity index (χ1n) is 55.1. The Morgan fingerprint density at radius 1 is 0.369 bits per heavy atom. The molecule has 14 aliphatic rings. The Balaban J connectivity index is 0.000000122. The van der Waals surface area contributed by atoms with Gasteiger partial charge in [-0.25, -0.2) is 28.6 Å². The van der Waals surface area contributed by atoms with Crippen LogP contribution >= 0.6 is 31.9 Å². The number of morpholine rings is 4. The van der Waals surface area contributed by atoms with Crippen molar-refractivity contribution in [2.45, 2.75) is 363 Å². The van der Waals surface area contributed by atoms with Crippen LogP contribution in [0.15, 0.2) is 137 Å². The Morgan fingerprint density at radius 2 is 0.644 bits per heavy atom. The molecular weight excluding hydrogens is 2020 g/mol. The fourth-order valence-electron chi connectivity index (χ4n) is 23.7. The Kier molecular flexibility index (Phi) is 38.7. The number of ether oxygens (including phenoxy) is 7. The number of benzene rings is 5. The van der Waals surface area contributed by atoms with Gasteiger partial charge in [0.2, 0.25) is 6.08 Å². The van der Waals surface area contributed by atoms with Gasteiger partial charge in [-0.15, -0.1) is 0 Å². The molecule has 8 N–H and O–H groups in total. The lowest BCUT2D eigenvalue weighted by Crippen LogP contribution is -2.43. The van der Waals surface area contributed by atoms with Gasteiger partial charge in [0.25, 0.3) is 0 Å². The van der Waals surface area contributed by atoms with E-state index in [4.69, 9.17) is 49.4 Å². The summed E-state index contributed by atoms with van der Waals surface area (Å²) in [6.07, 6.45) is 59.0. The van der Waals surface area contributed by atoms with Gasteiger partial charge < -0.3 is 85.5 Å². The fourth-order valence-corrected chi connectivity index (χ4v) is 24.8. The van der Waals surface area contributed by atoms with Crippen LogP contribution in [0.4, 0.5) is 41.5 Å². The van der Waals surface area contributed by atoms with Crippen molar-refractivity contribution in [3.8, 4) is 0 Å². The number of nitrogens with zero attached hydrogens (tertiary/aromatic N) is 15. The number of hydrogen-bond donors (Lipinski definition) is 6. The van der Waals surface area contributed by atoms with Gasteiger partial charge in [0.05, 0.1) is 105 Å². The van der Waals surface area contributed by atoms with Gasteiger partial charge in [-0.1, -0.05) is 0 Å². The maximum atomic E-state index is 12.8. The normalized spacial score (nSPS) is 26.9. The van der Waals surface area contributed by atoms with Crippen LogP contribution in [0.25, 0.3) is 55.2 Å². The van der Waals surface area contributed by atoms with Crippen LogP contribution in [-0.2, 0) is 57.2 Å². The molecule has 4 amide bonds. The zero-order valence-electron chi connectivity index (χ0n) is 88.1. The van der Waals surface area contributed by atoms with Crippen LogP contribution in [0.1, 0.15) is 258 Å². The molecule has 10 aliphatic heterocycles. The summed E-state index contributed by atoms with van der Waals surface area (Å²) in [6.45, 7) is 24.0. The van der Waals surface area contributed by atoms with Gasteiger partial charge in [-0.3, -0.25) is 49.8 Å². The van der Waals surface area contributed by atoms with E-state index >= 15 is 0 Å². The number of carbonyl (C=O) groups excluding carboxylic acids is 4. The highest BCUT2D eigenvalue weighted by atomic mass is 79.9. The second-order valence-electron chi connectivity index (χ2n) is 44.9. The van der Waals surface area contributed by atoms with Crippen molar-refractivity contribution in [1.82, 2.24) is 71.1 Å². The summed E-state index contributed by atoms with van der Waals surface area (Å²) in [5.41, 5.74) is 29.1. The highest BCUT2D eigenvalue weighted by molar-refractivity contribution is 9.11. The number of fused-ring (bicyclic) bond motifs is 15. The number of amides is 4. The third kappa shape index (κ3) is 31.8. The van der Waals surface area contributed by atoms with Gasteiger partial charge >= 0.3 is 18.2 Å². The molecule has 149 heavy (non-hydrogen) atoms. The molecule has 10 saturated heterocycles. The van der Waals surface area contributed by atoms with Gasteiger partial charge in [-0.05, 0) is 382 Å². The fraction of sp³-hybridized carbons (Fsp3) is 0.614. The number of carbonyl (C=O) groups is 3. The number of rotatable bonds is 15. The first kappa shape index (κ1) is 110. The molecule has 14 fully saturated rings. The van der Waals surface area contributed by atoms with Crippen LogP contribution in [0.2, 0.25) is 0 Å². The average molecular weight is 2170 g/mol. The van der Waals surface area contributed by atoms with Crippen molar-refractivity contribution in [3.63, 3.8) is 0 Å². The molecule has 4 aliphatic carbocycles. The van der Waals surface area contributed by atoms with Crippen LogP contribution in [0, 0.1) is 23.6 Å². The minimum atomic E-state index is -0.464. The number of nitrogens with one attached hydrogen (secondary N) is 4. The number of urea groups is 1. The molecule has 35 heteroatoms. The van der Waals surface area contributed by atoms with Crippen LogP contribution < -0.4 is 52.3 Å². The predicted molar refractivity (Wildman–Crippen MR) is 588 cm³/mol. The summed E-state index contributed by atoms with van der Waals surface area (Å²) in [5.74, 6) is 1.61. The maximum absolute atomic E-state index is 12.8. The Morgan fingerprint density at radius 3 is 0.960 bits per heavy atom. The van der Waals surface area contributed by atoms with Crippen LogP contribution in [-0.4, -0.2) is 242 Å². The molecular formula is C114H154Br2FN21O11. The molecule has 802 valence electrons. The third-order valence-corrected chi connectivity index (χ3v) is 32.2. The van der Waals surface area contributed by atoms with Gasteiger partial charge in [0, 0.05) is 195 Å². The van der Waals surface area contributed by atoms with Crippen molar-refractivity contribution in [2.24, 2.45) is 34.2 Å². The second kappa shape index (κ2) is 52.4. The molecule has 4 saturated carbocycles.